The van der Waals surface area contributed by atoms with Crippen LogP contribution in [0.5, 0.6) is 0 Å². The summed E-state index contributed by atoms with van der Waals surface area (Å²) in [7, 11) is 0. The molecule has 0 aromatic heterocycles. The minimum absolute atomic E-state index is 0.0468. The fourth-order valence-electron chi connectivity index (χ4n) is 2.69. The number of ether oxygens (including phenoxy) is 1. The lowest BCUT2D eigenvalue weighted by molar-refractivity contribution is -0.130. The highest BCUT2D eigenvalue weighted by molar-refractivity contribution is 5.83. The third-order valence-electron chi connectivity index (χ3n) is 3.67. The van der Waals surface area contributed by atoms with Crippen molar-refractivity contribution in [3.63, 3.8) is 0 Å². The van der Waals surface area contributed by atoms with Crippen LogP contribution in [0.15, 0.2) is 0 Å². The first-order valence-corrected chi connectivity index (χ1v) is 6.54. The molecule has 86 valence electrons. The van der Waals surface area contributed by atoms with Gasteiger partial charge in [-0.25, -0.2) is 0 Å². The lowest BCUT2D eigenvalue weighted by Gasteiger charge is -2.14. The van der Waals surface area contributed by atoms with Crippen LogP contribution in [0.25, 0.3) is 0 Å². The summed E-state index contributed by atoms with van der Waals surface area (Å²) in [5, 5.41) is 0. The van der Waals surface area contributed by atoms with E-state index in [1.165, 1.54) is 38.5 Å². The molecule has 0 N–H and O–H groups in total. The van der Waals surface area contributed by atoms with Crippen molar-refractivity contribution in [2.24, 2.45) is 0 Å². The van der Waals surface area contributed by atoms with Crippen LogP contribution in [0.2, 0.25) is 0 Å². The molecule has 0 saturated carbocycles. The predicted octanol–water partition coefficient (Wildman–Crippen LogP) is 3.24. The lowest BCUT2D eigenvalue weighted by atomic mass is 10.0. The zero-order valence-corrected chi connectivity index (χ0v) is 9.54. The van der Waals surface area contributed by atoms with E-state index in [2.05, 4.69) is 0 Å². The molecule has 2 heteroatoms. The van der Waals surface area contributed by atoms with Gasteiger partial charge in [-0.3, -0.25) is 4.79 Å². The Bertz CT molecular complexity index is 213. The molecule has 0 radical (unpaired) electrons. The van der Waals surface area contributed by atoms with Gasteiger partial charge >= 0.3 is 0 Å². The molecule has 2 bridgehead atoms. The van der Waals surface area contributed by atoms with Gasteiger partial charge in [0.2, 0.25) is 0 Å². The van der Waals surface area contributed by atoms with Gasteiger partial charge in [-0.2, -0.15) is 0 Å². The van der Waals surface area contributed by atoms with Gasteiger partial charge in [-0.05, 0) is 25.7 Å². The van der Waals surface area contributed by atoms with Crippen molar-refractivity contribution in [1.29, 1.82) is 0 Å². The molecular formula is C13H22O2. The highest BCUT2D eigenvalue weighted by Crippen LogP contribution is 2.26. The summed E-state index contributed by atoms with van der Waals surface area (Å²) in [5.74, 6) is 0.359. The quantitative estimate of drug-likeness (QED) is 0.613. The fourth-order valence-corrected chi connectivity index (χ4v) is 2.69. The van der Waals surface area contributed by atoms with Gasteiger partial charge in [0.25, 0.3) is 0 Å². The molecule has 2 atom stereocenters. The third-order valence-corrected chi connectivity index (χ3v) is 3.67. The summed E-state index contributed by atoms with van der Waals surface area (Å²) in [5.41, 5.74) is 0. The molecule has 0 spiro atoms. The molecule has 2 aliphatic rings. The summed E-state index contributed by atoms with van der Waals surface area (Å²) in [4.78, 5) is 11.8. The molecular weight excluding hydrogens is 188 g/mol. The Hall–Kier alpha value is -0.370. The zero-order chi connectivity index (χ0) is 10.5. The average molecular weight is 210 g/mol. The highest BCUT2D eigenvalue weighted by atomic mass is 16.5. The van der Waals surface area contributed by atoms with Crippen molar-refractivity contribution in [3.8, 4) is 0 Å². The van der Waals surface area contributed by atoms with Crippen molar-refractivity contribution in [2.75, 3.05) is 0 Å². The fraction of sp³-hybridized carbons (Fsp3) is 0.923. The van der Waals surface area contributed by atoms with E-state index >= 15 is 0 Å². The minimum atomic E-state index is -0.0468. The van der Waals surface area contributed by atoms with Crippen molar-refractivity contribution >= 4 is 5.78 Å². The Kier molecular flexibility index (Phi) is 4.18. The Morgan fingerprint density at radius 3 is 2.47 bits per heavy atom. The number of rotatable bonds is 0. The Morgan fingerprint density at radius 2 is 1.60 bits per heavy atom. The van der Waals surface area contributed by atoms with E-state index in [1.54, 1.807) is 0 Å². The maximum atomic E-state index is 11.8. The Labute approximate surface area is 92.4 Å². The molecule has 0 aliphatic carbocycles. The van der Waals surface area contributed by atoms with Gasteiger partial charge in [0, 0.05) is 6.42 Å². The van der Waals surface area contributed by atoms with E-state index < -0.39 is 0 Å². The lowest BCUT2D eigenvalue weighted by Crippen LogP contribution is -2.21. The van der Waals surface area contributed by atoms with Gasteiger partial charge in [0.05, 0.1) is 6.10 Å². The van der Waals surface area contributed by atoms with Gasteiger partial charge in [-0.1, -0.05) is 32.1 Å². The molecule has 2 nitrogen and oxygen atoms in total. The van der Waals surface area contributed by atoms with Gasteiger partial charge < -0.3 is 4.74 Å². The summed E-state index contributed by atoms with van der Waals surface area (Å²) in [6.45, 7) is 0. The van der Waals surface area contributed by atoms with Crippen LogP contribution in [0, 0.1) is 0 Å². The third kappa shape index (κ3) is 3.30. The second-order valence-corrected chi connectivity index (χ2v) is 4.95. The van der Waals surface area contributed by atoms with Crippen molar-refractivity contribution in [3.05, 3.63) is 0 Å². The van der Waals surface area contributed by atoms with Crippen molar-refractivity contribution < 1.29 is 9.53 Å². The second kappa shape index (κ2) is 5.64. The maximum absolute atomic E-state index is 11.8. The number of fused-ring (bicyclic) bond motifs is 2. The molecule has 2 aliphatic heterocycles. The summed E-state index contributed by atoms with van der Waals surface area (Å²) in [6.07, 6.45) is 11.9. The SMILES string of the molecule is O=C1CCCCCCCCC2CCC1O2. The van der Waals surface area contributed by atoms with Crippen LogP contribution < -0.4 is 0 Å². The second-order valence-electron chi connectivity index (χ2n) is 4.95. The van der Waals surface area contributed by atoms with E-state index in [4.69, 9.17) is 4.74 Å². The molecule has 2 unspecified atom stereocenters. The molecule has 15 heavy (non-hydrogen) atoms. The standard InChI is InChI=1S/C13H22O2/c14-12-8-6-4-2-1-3-5-7-11-9-10-13(12)15-11/h11,13H,1-10H2. The molecule has 0 amide bonds. The molecule has 0 aromatic rings. The summed E-state index contributed by atoms with van der Waals surface area (Å²) < 4.78 is 5.80. The monoisotopic (exact) mass is 210 g/mol. The average Bonchev–Trinajstić information content (AvgIpc) is 2.69. The number of ketones is 1. The number of carbonyl (C=O) groups excluding carboxylic acids is 1. The van der Waals surface area contributed by atoms with Crippen LogP contribution in [-0.2, 0) is 9.53 Å². The van der Waals surface area contributed by atoms with Gasteiger partial charge in [0.1, 0.15) is 6.10 Å². The van der Waals surface area contributed by atoms with Gasteiger partial charge in [0.15, 0.2) is 5.78 Å². The van der Waals surface area contributed by atoms with Crippen molar-refractivity contribution in [1.82, 2.24) is 0 Å². The Morgan fingerprint density at radius 1 is 0.867 bits per heavy atom. The number of hydrogen-bond donors (Lipinski definition) is 0. The first-order chi connectivity index (χ1) is 7.36. The molecule has 2 fully saturated rings. The largest absolute Gasteiger partial charge is 0.367 e. The number of hydrogen-bond acceptors (Lipinski definition) is 2. The van der Waals surface area contributed by atoms with Crippen LogP contribution in [0.1, 0.15) is 64.2 Å². The normalized spacial score (nSPS) is 34.5. The molecule has 0 aromatic carbocycles. The maximum Gasteiger partial charge on any atom is 0.161 e. The van der Waals surface area contributed by atoms with Gasteiger partial charge in [-0.15, -0.1) is 0 Å². The van der Waals surface area contributed by atoms with Crippen LogP contribution in [0.3, 0.4) is 0 Å². The van der Waals surface area contributed by atoms with Crippen molar-refractivity contribution in [2.45, 2.75) is 76.4 Å². The molecule has 2 heterocycles. The topological polar surface area (TPSA) is 26.3 Å². The highest BCUT2D eigenvalue weighted by Gasteiger charge is 2.29. The van der Waals surface area contributed by atoms with E-state index in [0.717, 1.165) is 25.7 Å². The first kappa shape index (κ1) is 11.1. The summed E-state index contributed by atoms with van der Waals surface area (Å²) in [6, 6.07) is 0. The van der Waals surface area contributed by atoms with E-state index in [1.807, 2.05) is 0 Å². The summed E-state index contributed by atoms with van der Waals surface area (Å²) >= 11 is 0. The minimum Gasteiger partial charge on any atom is -0.367 e. The van der Waals surface area contributed by atoms with Crippen LogP contribution in [-0.4, -0.2) is 18.0 Å². The first-order valence-electron chi connectivity index (χ1n) is 6.54. The molecule has 2 rings (SSSR count). The zero-order valence-electron chi connectivity index (χ0n) is 9.54. The van der Waals surface area contributed by atoms with E-state index in [9.17, 15) is 4.79 Å². The smallest absolute Gasteiger partial charge is 0.161 e. The van der Waals surface area contributed by atoms with E-state index in [-0.39, 0.29) is 6.10 Å². The van der Waals surface area contributed by atoms with E-state index in [0.29, 0.717) is 11.9 Å². The molecule has 2 saturated heterocycles. The van der Waals surface area contributed by atoms with Crippen LogP contribution >= 0.6 is 0 Å². The number of carbonyl (C=O) groups is 1. The predicted molar refractivity (Wildman–Crippen MR) is 59.8 cm³/mol. The number of Topliss-reactive ketones (excluding diaryl/α,β-unsaturated/α-hetero) is 1. The van der Waals surface area contributed by atoms with Crippen LogP contribution in [0.4, 0.5) is 0 Å². The Balaban J connectivity index is 1.86.